The Morgan fingerprint density at radius 1 is 1.26 bits per heavy atom. The van der Waals surface area contributed by atoms with Gasteiger partial charge in [0.05, 0.1) is 5.25 Å². The molecule has 1 heterocycles. The van der Waals surface area contributed by atoms with Gasteiger partial charge in [0.1, 0.15) is 0 Å². The number of nitrogens with zero attached hydrogens (tertiary/aromatic N) is 1. The first-order chi connectivity index (χ1) is 9.04. The molecule has 1 saturated heterocycles. The number of piperidine rings is 1. The monoisotopic (exact) mass is 290 g/mol. The summed E-state index contributed by atoms with van der Waals surface area (Å²) < 4.78 is 31.7. The third-order valence-electron chi connectivity index (χ3n) is 4.12. The largest absolute Gasteiger partial charge is 0.384 e. The Morgan fingerprint density at radius 2 is 1.89 bits per heavy atom. The van der Waals surface area contributed by atoms with Crippen molar-refractivity contribution < 1.29 is 13.2 Å². The molecule has 0 aromatic rings. The van der Waals surface area contributed by atoms with Gasteiger partial charge in [0.25, 0.3) is 0 Å². The van der Waals surface area contributed by atoms with Crippen molar-refractivity contribution in [2.24, 2.45) is 5.92 Å². The van der Waals surface area contributed by atoms with Crippen molar-refractivity contribution >= 4 is 10.0 Å². The number of methoxy groups -OCH3 is 1. The van der Waals surface area contributed by atoms with E-state index in [1.165, 1.54) is 12.8 Å². The summed E-state index contributed by atoms with van der Waals surface area (Å²) in [6.45, 7) is 4.41. The normalized spacial score (nSPS) is 24.5. The second-order valence-corrected chi connectivity index (χ2v) is 8.19. The van der Waals surface area contributed by atoms with Gasteiger partial charge in [-0.2, -0.15) is 0 Å². The van der Waals surface area contributed by atoms with E-state index in [0.717, 1.165) is 19.4 Å². The third-order valence-corrected chi connectivity index (χ3v) is 6.38. The zero-order chi connectivity index (χ0) is 13.9. The van der Waals surface area contributed by atoms with Gasteiger partial charge in [0.2, 0.25) is 10.0 Å². The molecule has 5 nitrogen and oxygen atoms in total. The van der Waals surface area contributed by atoms with E-state index in [2.05, 4.69) is 5.32 Å². The predicted octanol–water partition coefficient (Wildman–Crippen LogP) is 0.815. The lowest BCUT2D eigenvalue weighted by molar-refractivity contribution is 0.121. The molecule has 0 aromatic heterocycles. The molecule has 112 valence electrons. The molecular formula is C13H26N2O3S. The standard InChI is InChI=1S/C13H26N2O3S/c1-11(9-14-13-3-4-13)19(16,17)15-7-5-12(6-8-15)10-18-2/h11-14H,3-10H2,1-2H3. The molecule has 1 aliphatic carbocycles. The average molecular weight is 290 g/mol. The smallest absolute Gasteiger partial charge is 0.217 e. The van der Waals surface area contributed by atoms with Gasteiger partial charge < -0.3 is 10.1 Å². The Kier molecular flexibility index (Phi) is 5.22. The van der Waals surface area contributed by atoms with E-state index in [1.807, 2.05) is 6.92 Å². The second kappa shape index (κ2) is 6.52. The number of hydrogen-bond donors (Lipinski definition) is 1. The Labute approximate surface area is 116 Å². The van der Waals surface area contributed by atoms with Crippen molar-refractivity contribution in [3.8, 4) is 0 Å². The number of sulfonamides is 1. The number of rotatable bonds is 7. The van der Waals surface area contributed by atoms with Gasteiger partial charge in [-0.1, -0.05) is 0 Å². The summed E-state index contributed by atoms with van der Waals surface area (Å²) in [5, 5.41) is 2.98. The molecule has 1 atom stereocenters. The fourth-order valence-electron chi connectivity index (χ4n) is 2.55. The second-order valence-electron chi connectivity index (χ2n) is 5.84. The van der Waals surface area contributed by atoms with Crippen LogP contribution in [0.1, 0.15) is 32.6 Å². The molecule has 0 bridgehead atoms. The van der Waals surface area contributed by atoms with E-state index in [9.17, 15) is 8.42 Å². The molecule has 19 heavy (non-hydrogen) atoms. The van der Waals surface area contributed by atoms with Crippen molar-refractivity contribution in [2.75, 3.05) is 33.4 Å². The van der Waals surface area contributed by atoms with Crippen LogP contribution in [0.5, 0.6) is 0 Å². The molecule has 0 aromatic carbocycles. The molecule has 2 rings (SSSR count). The van der Waals surface area contributed by atoms with Crippen LogP contribution < -0.4 is 5.32 Å². The summed E-state index contributed by atoms with van der Waals surface area (Å²) >= 11 is 0. The van der Waals surface area contributed by atoms with Crippen LogP contribution in [0.4, 0.5) is 0 Å². The minimum atomic E-state index is -3.14. The first-order valence-electron chi connectivity index (χ1n) is 7.25. The highest BCUT2D eigenvalue weighted by molar-refractivity contribution is 7.89. The Hall–Kier alpha value is -0.170. The fourth-order valence-corrected chi connectivity index (χ4v) is 4.08. The summed E-state index contributed by atoms with van der Waals surface area (Å²) in [7, 11) is -1.44. The van der Waals surface area contributed by atoms with Crippen molar-refractivity contribution in [3.63, 3.8) is 0 Å². The van der Waals surface area contributed by atoms with Crippen molar-refractivity contribution in [1.82, 2.24) is 9.62 Å². The van der Waals surface area contributed by atoms with Gasteiger partial charge in [-0.05, 0) is 38.5 Å². The van der Waals surface area contributed by atoms with Crippen LogP contribution in [0.2, 0.25) is 0 Å². The number of hydrogen-bond acceptors (Lipinski definition) is 4. The minimum Gasteiger partial charge on any atom is -0.384 e. The van der Waals surface area contributed by atoms with Crippen molar-refractivity contribution in [3.05, 3.63) is 0 Å². The topological polar surface area (TPSA) is 58.6 Å². The highest BCUT2D eigenvalue weighted by Crippen LogP contribution is 2.23. The Morgan fingerprint density at radius 3 is 2.42 bits per heavy atom. The maximum absolute atomic E-state index is 12.4. The van der Waals surface area contributed by atoms with E-state index in [0.29, 0.717) is 31.6 Å². The molecule has 1 saturated carbocycles. The quantitative estimate of drug-likeness (QED) is 0.754. The van der Waals surface area contributed by atoms with Crippen LogP contribution in [0, 0.1) is 5.92 Å². The highest BCUT2D eigenvalue weighted by atomic mass is 32.2. The van der Waals surface area contributed by atoms with Crippen LogP contribution in [-0.2, 0) is 14.8 Å². The van der Waals surface area contributed by atoms with Crippen molar-refractivity contribution in [1.29, 1.82) is 0 Å². The fraction of sp³-hybridized carbons (Fsp3) is 1.00. The molecule has 2 fully saturated rings. The summed E-state index contributed by atoms with van der Waals surface area (Å²) in [4.78, 5) is 0. The van der Waals surface area contributed by atoms with Gasteiger partial charge in [0, 0.05) is 39.4 Å². The van der Waals surface area contributed by atoms with E-state index in [-0.39, 0.29) is 5.25 Å². The van der Waals surface area contributed by atoms with E-state index >= 15 is 0 Å². The van der Waals surface area contributed by atoms with Gasteiger partial charge >= 0.3 is 0 Å². The van der Waals surface area contributed by atoms with Gasteiger partial charge in [-0.15, -0.1) is 0 Å². The average Bonchev–Trinajstić information content (AvgIpc) is 3.21. The van der Waals surface area contributed by atoms with Gasteiger partial charge in [0.15, 0.2) is 0 Å². The minimum absolute atomic E-state index is 0.327. The molecule has 0 amide bonds. The van der Waals surface area contributed by atoms with Crippen LogP contribution in [0.25, 0.3) is 0 Å². The maximum atomic E-state index is 12.4. The van der Waals surface area contributed by atoms with Gasteiger partial charge in [-0.25, -0.2) is 12.7 Å². The van der Waals surface area contributed by atoms with E-state index in [4.69, 9.17) is 4.74 Å². The number of ether oxygens (including phenoxy) is 1. The van der Waals surface area contributed by atoms with Crippen LogP contribution in [0.15, 0.2) is 0 Å². The third kappa shape index (κ3) is 4.15. The lowest BCUT2D eigenvalue weighted by Gasteiger charge is -2.32. The van der Waals surface area contributed by atoms with Crippen molar-refractivity contribution in [2.45, 2.75) is 43.9 Å². The molecule has 1 aliphatic heterocycles. The van der Waals surface area contributed by atoms with E-state index < -0.39 is 10.0 Å². The molecule has 0 radical (unpaired) electrons. The van der Waals surface area contributed by atoms with Crippen LogP contribution in [0.3, 0.4) is 0 Å². The molecular weight excluding hydrogens is 264 g/mol. The van der Waals surface area contributed by atoms with E-state index in [1.54, 1.807) is 11.4 Å². The lowest BCUT2D eigenvalue weighted by Crippen LogP contribution is -2.46. The Balaban J connectivity index is 1.81. The summed E-state index contributed by atoms with van der Waals surface area (Å²) in [5.41, 5.74) is 0. The zero-order valence-electron chi connectivity index (χ0n) is 12.0. The summed E-state index contributed by atoms with van der Waals surface area (Å²) in [6.07, 6.45) is 4.20. The maximum Gasteiger partial charge on any atom is 0.217 e. The molecule has 6 heteroatoms. The Bertz CT molecular complexity index is 373. The summed E-state index contributed by atoms with van der Waals surface area (Å²) in [6, 6.07) is 0.560. The SMILES string of the molecule is COCC1CCN(S(=O)(=O)C(C)CNC2CC2)CC1. The molecule has 0 spiro atoms. The van der Waals surface area contributed by atoms with Crippen LogP contribution in [-0.4, -0.2) is 57.4 Å². The predicted molar refractivity (Wildman–Crippen MR) is 75.6 cm³/mol. The molecule has 1 N–H and O–H groups in total. The van der Waals surface area contributed by atoms with Crippen LogP contribution >= 0.6 is 0 Å². The molecule has 2 aliphatic rings. The number of nitrogens with one attached hydrogen (secondary N) is 1. The highest BCUT2D eigenvalue weighted by Gasteiger charge is 2.33. The lowest BCUT2D eigenvalue weighted by atomic mass is 9.99. The van der Waals surface area contributed by atoms with Gasteiger partial charge in [-0.3, -0.25) is 0 Å². The summed E-state index contributed by atoms with van der Waals surface area (Å²) in [5.74, 6) is 0.511. The first-order valence-corrected chi connectivity index (χ1v) is 8.75. The molecule has 1 unspecified atom stereocenters. The first kappa shape index (κ1) is 15.2. The zero-order valence-corrected chi connectivity index (χ0v) is 12.8.